The van der Waals surface area contributed by atoms with Gasteiger partial charge in [-0.2, -0.15) is 0 Å². The van der Waals surface area contributed by atoms with Crippen molar-refractivity contribution in [2.24, 2.45) is 0 Å². The Morgan fingerprint density at radius 2 is 2.00 bits per heavy atom. The van der Waals surface area contributed by atoms with E-state index in [1.54, 1.807) is 18.2 Å². The van der Waals surface area contributed by atoms with E-state index in [0.29, 0.717) is 0 Å². The molecule has 0 spiro atoms. The maximum absolute atomic E-state index is 12.2. The first-order chi connectivity index (χ1) is 8.49. The minimum atomic E-state index is -3.52. The SMILES string of the molecule is Cc1ccc(S(=O)(=O)NC2CCNCC2)c(Cl)c1. The summed E-state index contributed by atoms with van der Waals surface area (Å²) in [5.41, 5.74) is 0.945. The Hall–Kier alpha value is -0.620. The number of nitrogens with one attached hydrogen (secondary N) is 2. The molecule has 0 atom stereocenters. The van der Waals surface area contributed by atoms with Crippen molar-refractivity contribution in [2.75, 3.05) is 13.1 Å². The number of aryl methyl sites for hydroxylation is 1. The number of rotatable bonds is 3. The number of benzene rings is 1. The lowest BCUT2D eigenvalue weighted by Crippen LogP contribution is -2.42. The van der Waals surface area contributed by atoms with Gasteiger partial charge in [-0.15, -0.1) is 0 Å². The molecule has 1 heterocycles. The molecule has 2 N–H and O–H groups in total. The van der Waals surface area contributed by atoms with Crippen molar-refractivity contribution >= 4 is 21.6 Å². The molecular formula is C12H17ClN2O2S. The maximum atomic E-state index is 12.2. The van der Waals surface area contributed by atoms with Crippen LogP contribution < -0.4 is 10.0 Å². The molecule has 1 aliphatic heterocycles. The molecule has 100 valence electrons. The van der Waals surface area contributed by atoms with Gasteiger partial charge in [0.2, 0.25) is 10.0 Å². The smallest absolute Gasteiger partial charge is 0.242 e. The van der Waals surface area contributed by atoms with Crippen LogP contribution in [0.1, 0.15) is 18.4 Å². The Kier molecular flexibility index (Phi) is 4.27. The molecule has 0 bridgehead atoms. The average Bonchev–Trinajstić information content (AvgIpc) is 2.29. The van der Waals surface area contributed by atoms with Gasteiger partial charge in [0.15, 0.2) is 0 Å². The van der Waals surface area contributed by atoms with Crippen LogP contribution in [0.2, 0.25) is 5.02 Å². The maximum Gasteiger partial charge on any atom is 0.242 e. The molecule has 2 rings (SSSR count). The summed E-state index contributed by atoms with van der Waals surface area (Å²) in [6, 6.07) is 4.97. The third kappa shape index (κ3) is 3.23. The van der Waals surface area contributed by atoms with Crippen LogP contribution in [0.25, 0.3) is 0 Å². The number of hydrogen-bond acceptors (Lipinski definition) is 3. The highest BCUT2D eigenvalue weighted by atomic mass is 35.5. The molecule has 4 nitrogen and oxygen atoms in total. The third-order valence-corrected chi connectivity index (χ3v) is 5.04. The summed E-state index contributed by atoms with van der Waals surface area (Å²) in [5.74, 6) is 0. The molecular weight excluding hydrogens is 272 g/mol. The third-order valence-electron chi connectivity index (χ3n) is 3.04. The molecule has 18 heavy (non-hydrogen) atoms. The summed E-state index contributed by atoms with van der Waals surface area (Å²) < 4.78 is 27.2. The molecule has 0 radical (unpaired) electrons. The zero-order valence-electron chi connectivity index (χ0n) is 10.2. The van der Waals surface area contributed by atoms with Crippen molar-refractivity contribution in [3.63, 3.8) is 0 Å². The molecule has 6 heteroatoms. The fourth-order valence-corrected chi connectivity index (χ4v) is 3.95. The summed E-state index contributed by atoms with van der Waals surface area (Å²) in [4.78, 5) is 0.160. The van der Waals surface area contributed by atoms with E-state index in [0.717, 1.165) is 31.5 Å². The van der Waals surface area contributed by atoms with E-state index >= 15 is 0 Å². The van der Waals surface area contributed by atoms with E-state index in [1.165, 1.54) is 0 Å². The molecule has 1 aliphatic rings. The van der Waals surface area contributed by atoms with Gasteiger partial charge in [0.05, 0.1) is 5.02 Å². The van der Waals surface area contributed by atoms with Gasteiger partial charge in [-0.25, -0.2) is 13.1 Å². The van der Waals surface area contributed by atoms with Crippen molar-refractivity contribution in [2.45, 2.75) is 30.7 Å². The van der Waals surface area contributed by atoms with Gasteiger partial charge in [0.1, 0.15) is 4.90 Å². The molecule has 1 fully saturated rings. The van der Waals surface area contributed by atoms with E-state index in [2.05, 4.69) is 10.0 Å². The highest BCUT2D eigenvalue weighted by Crippen LogP contribution is 2.23. The summed E-state index contributed by atoms with van der Waals surface area (Å²) in [6.07, 6.45) is 1.62. The highest BCUT2D eigenvalue weighted by Gasteiger charge is 2.23. The molecule has 0 aliphatic carbocycles. The Morgan fingerprint density at radius 1 is 1.33 bits per heavy atom. The monoisotopic (exact) mass is 288 g/mol. The fourth-order valence-electron chi connectivity index (χ4n) is 2.05. The predicted molar refractivity (Wildman–Crippen MR) is 72.4 cm³/mol. The van der Waals surface area contributed by atoms with E-state index in [-0.39, 0.29) is 16.0 Å². The second kappa shape index (κ2) is 5.57. The van der Waals surface area contributed by atoms with E-state index in [4.69, 9.17) is 11.6 Å². The summed E-state index contributed by atoms with van der Waals surface area (Å²) >= 11 is 6.00. The summed E-state index contributed by atoms with van der Waals surface area (Å²) in [6.45, 7) is 3.56. The molecule has 0 amide bonds. The van der Waals surface area contributed by atoms with E-state index in [1.807, 2.05) is 6.92 Å². The van der Waals surface area contributed by atoms with Gasteiger partial charge in [0.25, 0.3) is 0 Å². The Morgan fingerprint density at radius 3 is 2.61 bits per heavy atom. The number of halogens is 1. The topological polar surface area (TPSA) is 58.2 Å². The highest BCUT2D eigenvalue weighted by molar-refractivity contribution is 7.89. The van der Waals surface area contributed by atoms with E-state index < -0.39 is 10.0 Å². The Bertz CT molecular complexity index is 525. The van der Waals surface area contributed by atoms with Crippen molar-refractivity contribution in [3.8, 4) is 0 Å². The van der Waals surface area contributed by atoms with Gasteiger partial charge >= 0.3 is 0 Å². The van der Waals surface area contributed by atoms with Crippen LogP contribution >= 0.6 is 11.6 Å². The molecule has 1 saturated heterocycles. The first-order valence-electron chi connectivity index (χ1n) is 5.98. The Balaban J connectivity index is 2.19. The van der Waals surface area contributed by atoms with Crippen LogP contribution in [0, 0.1) is 6.92 Å². The zero-order chi connectivity index (χ0) is 13.2. The van der Waals surface area contributed by atoms with Crippen LogP contribution in [0.3, 0.4) is 0 Å². The first-order valence-corrected chi connectivity index (χ1v) is 7.84. The van der Waals surface area contributed by atoms with Gasteiger partial charge in [-0.3, -0.25) is 0 Å². The second-order valence-corrected chi connectivity index (χ2v) is 6.67. The van der Waals surface area contributed by atoms with Gasteiger partial charge in [-0.05, 0) is 50.6 Å². The number of piperidine rings is 1. The molecule has 0 saturated carbocycles. The van der Waals surface area contributed by atoms with Gasteiger partial charge in [0, 0.05) is 6.04 Å². The van der Waals surface area contributed by atoms with Crippen LogP contribution in [0.15, 0.2) is 23.1 Å². The average molecular weight is 289 g/mol. The minimum absolute atomic E-state index is 0.00591. The molecule has 1 aromatic rings. The standard InChI is InChI=1S/C12H17ClN2O2S/c1-9-2-3-12(11(13)8-9)18(16,17)15-10-4-6-14-7-5-10/h2-3,8,10,14-15H,4-7H2,1H3. The number of sulfonamides is 1. The summed E-state index contributed by atoms with van der Waals surface area (Å²) in [5, 5.41) is 3.47. The molecule has 0 unspecified atom stereocenters. The second-order valence-electron chi connectivity index (χ2n) is 4.58. The molecule has 1 aromatic carbocycles. The van der Waals surface area contributed by atoms with Gasteiger partial charge < -0.3 is 5.32 Å². The van der Waals surface area contributed by atoms with Crippen LogP contribution in [-0.4, -0.2) is 27.5 Å². The lowest BCUT2D eigenvalue weighted by Gasteiger charge is -2.23. The molecule has 0 aromatic heterocycles. The lowest BCUT2D eigenvalue weighted by atomic mass is 10.1. The van der Waals surface area contributed by atoms with Crippen molar-refractivity contribution in [1.29, 1.82) is 0 Å². The largest absolute Gasteiger partial charge is 0.317 e. The summed E-state index contributed by atoms with van der Waals surface area (Å²) in [7, 11) is -3.52. The van der Waals surface area contributed by atoms with Gasteiger partial charge in [-0.1, -0.05) is 17.7 Å². The van der Waals surface area contributed by atoms with Crippen molar-refractivity contribution in [3.05, 3.63) is 28.8 Å². The van der Waals surface area contributed by atoms with Crippen LogP contribution in [0.4, 0.5) is 0 Å². The minimum Gasteiger partial charge on any atom is -0.317 e. The van der Waals surface area contributed by atoms with E-state index in [9.17, 15) is 8.42 Å². The quantitative estimate of drug-likeness (QED) is 0.890. The van der Waals surface area contributed by atoms with Crippen LogP contribution in [-0.2, 0) is 10.0 Å². The van der Waals surface area contributed by atoms with Crippen molar-refractivity contribution in [1.82, 2.24) is 10.0 Å². The Labute approximate surface area is 113 Å². The van der Waals surface area contributed by atoms with Crippen LogP contribution in [0.5, 0.6) is 0 Å². The number of hydrogen-bond donors (Lipinski definition) is 2. The fraction of sp³-hybridized carbons (Fsp3) is 0.500. The zero-order valence-corrected chi connectivity index (χ0v) is 11.8. The lowest BCUT2D eigenvalue weighted by molar-refractivity contribution is 0.427. The van der Waals surface area contributed by atoms with Crippen molar-refractivity contribution < 1.29 is 8.42 Å². The normalized spacial score (nSPS) is 17.9. The predicted octanol–water partition coefficient (Wildman–Crippen LogP) is 1.68. The first kappa shape index (κ1) is 13.8.